The zero-order valence-electron chi connectivity index (χ0n) is 6.85. The van der Waals surface area contributed by atoms with Crippen molar-refractivity contribution >= 4 is 11.6 Å². The minimum absolute atomic E-state index is 0.238. The number of alkyl halides is 1. The molecule has 0 aliphatic heterocycles. The SMILES string of the molecule is COCCCOCCOCCl. The van der Waals surface area contributed by atoms with E-state index in [1.165, 1.54) is 0 Å². The maximum atomic E-state index is 5.27. The lowest BCUT2D eigenvalue weighted by Crippen LogP contribution is -2.05. The third kappa shape index (κ3) is 10.2. The molecule has 0 radical (unpaired) electrons. The fourth-order valence-electron chi connectivity index (χ4n) is 0.580. The van der Waals surface area contributed by atoms with Crippen molar-refractivity contribution < 1.29 is 14.2 Å². The minimum atomic E-state index is 0.238. The fourth-order valence-corrected chi connectivity index (χ4v) is 0.689. The molecule has 0 unspecified atom stereocenters. The van der Waals surface area contributed by atoms with Gasteiger partial charge in [0.15, 0.2) is 0 Å². The van der Waals surface area contributed by atoms with Crippen molar-refractivity contribution in [2.45, 2.75) is 6.42 Å². The van der Waals surface area contributed by atoms with Gasteiger partial charge in [0.25, 0.3) is 0 Å². The van der Waals surface area contributed by atoms with E-state index in [2.05, 4.69) is 0 Å². The van der Waals surface area contributed by atoms with Crippen molar-refractivity contribution in [1.82, 2.24) is 0 Å². The molecule has 0 amide bonds. The first kappa shape index (κ1) is 11.2. The Kier molecular flexibility index (Phi) is 10.3. The van der Waals surface area contributed by atoms with Crippen LogP contribution in [0.1, 0.15) is 6.42 Å². The summed E-state index contributed by atoms with van der Waals surface area (Å²) < 4.78 is 14.9. The smallest absolute Gasteiger partial charge is 0.120 e. The van der Waals surface area contributed by atoms with Gasteiger partial charge < -0.3 is 14.2 Å². The van der Waals surface area contributed by atoms with Gasteiger partial charge in [-0.3, -0.25) is 0 Å². The third-order valence-corrected chi connectivity index (χ3v) is 1.24. The van der Waals surface area contributed by atoms with E-state index < -0.39 is 0 Å². The summed E-state index contributed by atoms with van der Waals surface area (Å²) in [5.41, 5.74) is 0. The highest BCUT2D eigenvalue weighted by Gasteiger charge is 1.88. The molecule has 0 aromatic heterocycles. The number of rotatable bonds is 8. The zero-order chi connectivity index (χ0) is 8.36. The fraction of sp³-hybridized carbons (Fsp3) is 1.00. The van der Waals surface area contributed by atoms with Crippen molar-refractivity contribution in [1.29, 1.82) is 0 Å². The molecular formula is C7H15ClO3. The Balaban J connectivity index is 2.69. The molecule has 0 fully saturated rings. The summed E-state index contributed by atoms with van der Waals surface area (Å²) in [7, 11) is 1.68. The van der Waals surface area contributed by atoms with Crippen LogP contribution in [0.3, 0.4) is 0 Å². The Morgan fingerprint density at radius 2 is 1.73 bits per heavy atom. The molecule has 0 N–H and O–H groups in total. The van der Waals surface area contributed by atoms with E-state index >= 15 is 0 Å². The highest BCUT2D eigenvalue weighted by atomic mass is 35.5. The first-order valence-corrected chi connectivity index (χ1v) is 4.15. The normalized spacial score (nSPS) is 10.4. The summed E-state index contributed by atoms with van der Waals surface area (Å²) >= 11 is 5.27. The van der Waals surface area contributed by atoms with Crippen LogP contribution in [0, 0.1) is 0 Å². The van der Waals surface area contributed by atoms with E-state index in [0.717, 1.165) is 19.6 Å². The van der Waals surface area contributed by atoms with Crippen molar-refractivity contribution in [2.75, 3.05) is 39.6 Å². The summed E-state index contributed by atoms with van der Waals surface area (Å²) in [6.07, 6.45) is 0.928. The van der Waals surface area contributed by atoms with Crippen LogP contribution in [-0.4, -0.2) is 39.6 Å². The Labute approximate surface area is 72.6 Å². The largest absolute Gasteiger partial charge is 0.385 e. The van der Waals surface area contributed by atoms with E-state index in [9.17, 15) is 0 Å². The standard InChI is InChI=1S/C7H15ClO3/c1-9-3-2-4-10-5-6-11-7-8/h2-7H2,1H3. The Hall–Kier alpha value is 0.170. The third-order valence-electron chi connectivity index (χ3n) is 1.09. The number of methoxy groups -OCH3 is 1. The first-order chi connectivity index (χ1) is 5.41. The second-order valence-electron chi connectivity index (χ2n) is 1.98. The van der Waals surface area contributed by atoms with Gasteiger partial charge in [-0.15, -0.1) is 0 Å². The van der Waals surface area contributed by atoms with Gasteiger partial charge in [-0.1, -0.05) is 11.6 Å². The van der Waals surface area contributed by atoms with E-state index in [1.807, 2.05) is 0 Å². The molecule has 0 aromatic carbocycles. The lowest BCUT2D eigenvalue weighted by Gasteiger charge is -2.02. The average molecular weight is 183 g/mol. The predicted molar refractivity (Wildman–Crippen MR) is 44.0 cm³/mol. The Morgan fingerprint density at radius 1 is 1.00 bits per heavy atom. The lowest BCUT2D eigenvalue weighted by molar-refractivity contribution is 0.0535. The van der Waals surface area contributed by atoms with Gasteiger partial charge in [-0.05, 0) is 6.42 Å². The summed E-state index contributed by atoms with van der Waals surface area (Å²) in [6.45, 7) is 2.64. The Morgan fingerprint density at radius 3 is 2.36 bits per heavy atom. The maximum Gasteiger partial charge on any atom is 0.120 e. The molecule has 0 aliphatic rings. The maximum absolute atomic E-state index is 5.27. The molecule has 3 nitrogen and oxygen atoms in total. The van der Waals surface area contributed by atoms with Crippen LogP contribution in [0.15, 0.2) is 0 Å². The first-order valence-electron chi connectivity index (χ1n) is 3.62. The lowest BCUT2D eigenvalue weighted by atomic mass is 10.5. The molecule has 0 aromatic rings. The number of hydrogen-bond donors (Lipinski definition) is 0. The summed E-state index contributed by atoms with van der Waals surface area (Å²) in [6, 6.07) is 0.238. The molecular weight excluding hydrogens is 168 g/mol. The highest BCUT2D eigenvalue weighted by Crippen LogP contribution is 1.85. The summed E-state index contributed by atoms with van der Waals surface area (Å²) in [4.78, 5) is 0. The van der Waals surface area contributed by atoms with Crippen LogP contribution in [0.5, 0.6) is 0 Å². The van der Waals surface area contributed by atoms with Gasteiger partial charge in [-0.2, -0.15) is 0 Å². The van der Waals surface area contributed by atoms with Crippen LogP contribution < -0.4 is 0 Å². The van der Waals surface area contributed by atoms with Crippen LogP contribution in [0.25, 0.3) is 0 Å². The monoisotopic (exact) mass is 182 g/mol. The van der Waals surface area contributed by atoms with Crippen LogP contribution in [0.4, 0.5) is 0 Å². The van der Waals surface area contributed by atoms with E-state index in [-0.39, 0.29) is 6.07 Å². The second kappa shape index (κ2) is 10.2. The number of ether oxygens (including phenoxy) is 3. The Bertz CT molecular complexity index is 62.7. The van der Waals surface area contributed by atoms with Gasteiger partial charge in [0.1, 0.15) is 6.07 Å². The van der Waals surface area contributed by atoms with Crippen molar-refractivity contribution in [3.63, 3.8) is 0 Å². The van der Waals surface area contributed by atoms with Crippen molar-refractivity contribution in [3.05, 3.63) is 0 Å². The molecule has 0 saturated carbocycles. The number of halogens is 1. The molecule has 0 rings (SSSR count). The van der Waals surface area contributed by atoms with Gasteiger partial charge in [-0.25, -0.2) is 0 Å². The molecule has 0 heterocycles. The zero-order valence-corrected chi connectivity index (χ0v) is 7.60. The molecule has 68 valence electrons. The van der Waals surface area contributed by atoms with E-state index in [0.29, 0.717) is 13.2 Å². The molecule has 0 aliphatic carbocycles. The topological polar surface area (TPSA) is 27.7 Å². The van der Waals surface area contributed by atoms with Gasteiger partial charge in [0.05, 0.1) is 13.2 Å². The molecule has 11 heavy (non-hydrogen) atoms. The van der Waals surface area contributed by atoms with Gasteiger partial charge >= 0.3 is 0 Å². The quantitative estimate of drug-likeness (QED) is 0.418. The average Bonchev–Trinajstić information content (AvgIpc) is 2.03. The van der Waals surface area contributed by atoms with Gasteiger partial charge in [0, 0.05) is 20.3 Å². The van der Waals surface area contributed by atoms with E-state index in [1.54, 1.807) is 7.11 Å². The minimum Gasteiger partial charge on any atom is -0.385 e. The van der Waals surface area contributed by atoms with Crippen LogP contribution >= 0.6 is 11.6 Å². The van der Waals surface area contributed by atoms with Gasteiger partial charge in [0.2, 0.25) is 0 Å². The highest BCUT2D eigenvalue weighted by molar-refractivity contribution is 6.17. The second-order valence-corrected chi connectivity index (χ2v) is 2.19. The number of hydrogen-bond acceptors (Lipinski definition) is 3. The van der Waals surface area contributed by atoms with E-state index in [4.69, 9.17) is 25.8 Å². The van der Waals surface area contributed by atoms with Crippen LogP contribution in [0.2, 0.25) is 0 Å². The predicted octanol–water partition coefficient (Wildman–Crippen LogP) is 1.25. The molecule has 0 atom stereocenters. The summed E-state index contributed by atoms with van der Waals surface area (Å²) in [5, 5.41) is 0. The molecule has 0 bridgehead atoms. The summed E-state index contributed by atoms with van der Waals surface area (Å²) in [5.74, 6) is 0. The van der Waals surface area contributed by atoms with Crippen LogP contribution in [-0.2, 0) is 14.2 Å². The molecule has 0 spiro atoms. The van der Waals surface area contributed by atoms with Crippen molar-refractivity contribution in [2.24, 2.45) is 0 Å². The molecule has 0 saturated heterocycles. The van der Waals surface area contributed by atoms with Crippen molar-refractivity contribution in [3.8, 4) is 0 Å². The molecule has 4 heteroatoms.